The van der Waals surface area contributed by atoms with E-state index in [9.17, 15) is 14.7 Å². The third kappa shape index (κ3) is 4.75. The molecule has 1 saturated heterocycles. The van der Waals surface area contributed by atoms with Crippen molar-refractivity contribution in [3.8, 4) is 0 Å². The topological polar surface area (TPSA) is 78.9 Å². The summed E-state index contributed by atoms with van der Waals surface area (Å²) in [6.07, 6.45) is 4.52. The fourth-order valence-electron chi connectivity index (χ4n) is 3.79. The Hall–Kier alpha value is -2.08. The van der Waals surface area contributed by atoms with Crippen LogP contribution in [0.4, 0.5) is 5.69 Å². The molecule has 26 heavy (non-hydrogen) atoms. The van der Waals surface area contributed by atoms with Gasteiger partial charge in [-0.3, -0.25) is 4.79 Å². The average Bonchev–Trinajstić information content (AvgIpc) is 3.15. The molecule has 1 aliphatic heterocycles. The van der Waals surface area contributed by atoms with Gasteiger partial charge in [0.2, 0.25) is 0 Å². The zero-order valence-electron chi connectivity index (χ0n) is 15.2. The molecule has 2 N–H and O–H groups in total. The van der Waals surface area contributed by atoms with Crippen molar-refractivity contribution in [2.45, 2.75) is 44.1 Å². The highest BCUT2D eigenvalue weighted by molar-refractivity contribution is 5.84. The first-order valence-electron chi connectivity index (χ1n) is 9.53. The van der Waals surface area contributed by atoms with Crippen LogP contribution in [0.1, 0.15) is 38.5 Å². The second-order valence-electron chi connectivity index (χ2n) is 7.41. The fraction of sp³-hybridized carbons (Fsp3) is 0.600. The summed E-state index contributed by atoms with van der Waals surface area (Å²) >= 11 is 0. The highest BCUT2D eigenvalue weighted by Gasteiger charge is 2.38. The summed E-state index contributed by atoms with van der Waals surface area (Å²) in [5.41, 5.74) is -0.198. The van der Waals surface area contributed by atoms with Crippen molar-refractivity contribution in [2.24, 2.45) is 5.92 Å². The van der Waals surface area contributed by atoms with Gasteiger partial charge in [0, 0.05) is 25.3 Å². The SMILES string of the molecule is O=C(COC(=O)C1(O)CCCCC1)NCC1CCN(c2ccccc2)C1. The van der Waals surface area contributed by atoms with Crippen molar-refractivity contribution in [1.29, 1.82) is 0 Å². The number of hydrogen-bond donors (Lipinski definition) is 2. The van der Waals surface area contributed by atoms with E-state index in [4.69, 9.17) is 4.74 Å². The number of hydrogen-bond acceptors (Lipinski definition) is 5. The van der Waals surface area contributed by atoms with Gasteiger partial charge in [-0.05, 0) is 50.2 Å². The summed E-state index contributed by atoms with van der Waals surface area (Å²) in [6, 6.07) is 10.2. The van der Waals surface area contributed by atoms with Gasteiger partial charge in [0.05, 0.1) is 0 Å². The Kier molecular flexibility index (Phi) is 6.14. The molecule has 1 unspecified atom stereocenters. The lowest BCUT2D eigenvalue weighted by Gasteiger charge is -2.29. The van der Waals surface area contributed by atoms with Gasteiger partial charge in [-0.15, -0.1) is 0 Å². The summed E-state index contributed by atoms with van der Waals surface area (Å²) in [7, 11) is 0. The van der Waals surface area contributed by atoms with E-state index < -0.39 is 11.6 Å². The molecule has 6 heteroatoms. The Morgan fingerprint density at radius 2 is 1.92 bits per heavy atom. The third-order valence-electron chi connectivity index (χ3n) is 5.39. The number of aliphatic hydroxyl groups is 1. The second kappa shape index (κ2) is 8.54. The third-order valence-corrected chi connectivity index (χ3v) is 5.39. The quantitative estimate of drug-likeness (QED) is 0.757. The second-order valence-corrected chi connectivity index (χ2v) is 7.41. The smallest absolute Gasteiger partial charge is 0.338 e. The number of amides is 1. The molecular formula is C20H28N2O4. The van der Waals surface area contributed by atoms with Gasteiger partial charge < -0.3 is 20.1 Å². The van der Waals surface area contributed by atoms with Crippen LogP contribution >= 0.6 is 0 Å². The summed E-state index contributed by atoms with van der Waals surface area (Å²) in [5.74, 6) is -0.586. The maximum atomic E-state index is 12.0. The number of rotatable bonds is 6. The number of benzene rings is 1. The van der Waals surface area contributed by atoms with Crippen molar-refractivity contribution in [3.63, 3.8) is 0 Å². The van der Waals surface area contributed by atoms with Gasteiger partial charge in [0.1, 0.15) is 0 Å². The van der Waals surface area contributed by atoms with Crippen LogP contribution < -0.4 is 10.2 Å². The summed E-state index contributed by atoms with van der Waals surface area (Å²) in [4.78, 5) is 26.3. The summed E-state index contributed by atoms with van der Waals surface area (Å²) in [6.45, 7) is 2.14. The van der Waals surface area contributed by atoms with Crippen LogP contribution in [0.2, 0.25) is 0 Å². The minimum absolute atomic E-state index is 0.309. The van der Waals surface area contributed by atoms with Crippen LogP contribution in [0, 0.1) is 5.92 Å². The van der Waals surface area contributed by atoms with Crippen LogP contribution in [0.3, 0.4) is 0 Å². The Labute approximate surface area is 154 Å². The molecule has 1 amide bonds. The van der Waals surface area contributed by atoms with E-state index in [0.717, 1.165) is 38.8 Å². The molecule has 1 heterocycles. The first-order valence-corrected chi connectivity index (χ1v) is 9.53. The Morgan fingerprint density at radius 3 is 2.65 bits per heavy atom. The van der Waals surface area contributed by atoms with E-state index in [-0.39, 0.29) is 12.5 Å². The molecule has 1 aromatic rings. The maximum Gasteiger partial charge on any atom is 0.338 e. The predicted molar refractivity (Wildman–Crippen MR) is 98.8 cm³/mol. The normalized spacial score (nSPS) is 22.0. The molecule has 1 aliphatic carbocycles. The van der Waals surface area contributed by atoms with Crippen molar-refractivity contribution in [1.82, 2.24) is 5.32 Å². The molecular weight excluding hydrogens is 332 g/mol. The molecule has 0 radical (unpaired) electrons. The minimum Gasteiger partial charge on any atom is -0.453 e. The maximum absolute atomic E-state index is 12.0. The van der Waals surface area contributed by atoms with Crippen molar-refractivity contribution >= 4 is 17.6 Å². The van der Waals surface area contributed by atoms with Gasteiger partial charge >= 0.3 is 5.97 Å². The van der Waals surface area contributed by atoms with Crippen molar-refractivity contribution in [3.05, 3.63) is 30.3 Å². The highest BCUT2D eigenvalue weighted by Crippen LogP contribution is 2.29. The van der Waals surface area contributed by atoms with E-state index in [1.165, 1.54) is 5.69 Å². The summed E-state index contributed by atoms with van der Waals surface area (Å²) < 4.78 is 5.04. The number of ether oxygens (including phenoxy) is 1. The molecule has 0 aromatic heterocycles. The number of carbonyl (C=O) groups excluding carboxylic acids is 2. The first kappa shape index (κ1) is 18.7. The Balaban J connectivity index is 1.36. The van der Waals surface area contributed by atoms with E-state index in [1.54, 1.807) is 0 Å². The number of para-hydroxylation sites is 1. The van der Waals surface area contributed by atoms with Gasteiger partial charge in [-0.1, -0.05) is 24.6 Å². The van der Waals surface area contributed by atoms with Crippen LogP contribution in [0.15, 0.2) is 30.3 Å². The van der Waals surface area contributed by atoms with E-state index in [1.807, 2.05) is 18.2 Å². The van der Waals surface area contributed by atoms with Gasteiger partial charge in [0.25, 0.3) is 5.91 Å². The first-order chi connectivity index (χ1) is 12.6. The largest absolute Gasteiger partial charge is 0.453 e. The van der Waals surface area contributed by atoms with Crippen LogP contribution in [0.5, 0.6) is 0 Å². The minimum atomic E-state index is -1.40. The Bertz CT molecular complexity index is 613. The van der Waals surface area contributed by atoms with Gasteiger partial charge in [-0.2, -0.15) is 0 Å². The molecule has 1 saturated carbocycles. The molecule has 2 fully saturated rings. The molecule has 6 nitrogen and oxygen atoms in total. The van der Waals surface area contributed by atoms with E-state index in [2.05, 4.69) is 22.3 Å². The van der Waals surface area contributed by atoms with Gasteiger partial charge in [-0.25, -0.2) is 4.79 Å². The van der Waals surface area contributed by atoms with Crippen molar-refractivity contribution in [2.75, 3.05) is 31.1 Å². The molecule has 2 aliphatic rings. The zero-order valence-corrected chi connectivity index (χ0v) is 15.2. The standard InChI is InChI=1S/C20H28N2O4/c23-18(15-26-19(24)20(25)10-5-2-6-11-20)21-13-16-9-12-22(14-16)17-7-3-1-4-8-17/h1,3-4,7-8,16,25H,2,5-6,9-15H2,(H,21,23). The number of esters is 1. The molecule has 0 spiro atoms. The molecule has 1 aromatic carbocycles. The van der Waals surface area contributed by atoms with Gasteiger partial charge in [0.15, 0.2) is 12.2 Å². The molecule has 142 valence electrons. The lowest BCUT2D eigenvalue weighted by molar-refractivity contribution is -0.170. The predicted octanol–water partition coefficient (Wildman–Crippen LogP) is 1.87. The van der Waals surface area contributed by atoms with Crippen LogP contribution in [-0.2, 0) is 14.3 Å². The zero-order chi connectivity index (χ0) is 18.4. The summed E-state index contributed by atoms with van der Waals surface area (Å²) in [5, 5.41) is 13.1. The number of nitrogens with zero attached hydrogens (tertiary/aromatic N) is 1. The fourth-order valence-corrected chi connectivity index (χ4v) is 3.79. The lowest BCUT2D eigenvalue weighted by atomic mass is 9.85. The van der Waals surface area contributed by atoms with Crippen molar-refractivity contribution < 1.29 is 19.4 Å². The molecule has 0 bridgehead atoms. The Morgan fingerprint density at radius 1 is 1.19 bits per heavy atom. The number of nitrogens with one attached hydrogen (secondary N) is 1. The number of carbonyl (C=O) groups is 2. The lowest BCUT2D eigenvalue weighted by Crippen LogP contribution is -2.43. The highest BCUT2D eigenvalue weighted by atomic mass is 16.6. The molecule has 1 atom stereocenters. The average molecular weight is 360 g/mol. The monoisotopic (exact) mass is 360 g/mol. The van der Waals surface area contributed by atoms with Crippen LogP contribution in [0.25, 0.3) is 0 Å². The van der Waals surface area contributed by atoms with Crippen LogP contribution in [-0.4, -0.2) is 48.8 Å². The van der Waals surface area contributed by atoms with E-state index >= 15 is 0 Å². The van der Waals surface area contributed by atoms with E-state index in [0.29, 0.717) is 25.3 Å². The molecule has 3 rings (SSSR count). The number of anilines is 1.